The zero-order valence-corrected chi connectivity index (χ0v) is 20.3. The van der Waals surface area contributed by atoms with E-state index in [0.29, 0.717) is 36.1 Å². The molecule has 0 aliphatic heterocycles. The van der Waals surface area contributed by atoms with Gasteiger partial charge in [-0.15, -0.1) is 0 Å². The average Bonchev–Trinajstić information content (AvgIpc) is 2.92. The van der Waals surface area contributed by atoms with Gasteiger partial charge in [-0.3, -0.25) is 0 Å². The maximum atomic E-state index is 13.0. The van der Waals surface area contributed by atoms with Gasteiger partial charge < -0.3 is 33.3 Å². The lowest BCUT2D eigenvalue weighted by atomic mass is 10.1. The van der Waals surface area contributed by atoms with Crippen molar-refractivity contribution < 1.29 is 35.6 Å². The summed E-state index contributed by atoms with van der Waals surface area (Å²) in [5.41, 5.74) is 1.65. The summed E-state index contributed by atoms with van der Waals surface area (Å²) in [4.78, 5) is 10.6. The molecule has 2 aromatic carbocycles. The molecule has 3 aromatic rings. The van der Waals surface area contributed by atoms with E-state index in [1.165, 1.54) is 13.3 Å². The van der Waals surface area contributed by atoms with Crippen molar-refractivity contribution in [3.63, 3.8) is 0 Å². The highest BCUT2D eigenvalue weighted by Gasteiger charge is 2.20. The molecule has 188 valence electrons. The van der Waals surface area contributed by atoms with Crippen molar-refractivity contribution >= 4 is 5.95 Å². The Hall–Kier alpha value is -3.95. The van der Waals surface area contributed by atoms with Gasteiger partial charge in [0.2, 0.25) is 5.95 Å². The Morgan fingerprint density at radius 2 is 1.37 bits per heavy atom. The van der Waals surface area contributed by atoms with Crippen molar-refractivity contribution in [3.8, 4) is 34.6 Å². The zero-order chi connectivity index (χ0) is 27.0. The number of ether oxygens (including phenoxy) is 6. The highest BCUT2D eigenvalue weighted by Crippen LogP contribution is 2.32. The van der Waals surface area contributed by atoms with E-state index in [0.717, 1.165) is 11.1 Å². The molecule has 0 saturated heterocycles. The van der Waals surface area contributed by atoms with E-state index in [9.17, 15) is 4.39 Å². The topological polar surface area (TPSA) is 84.4 Å². The van der Waals surface area contributed by atoms with Crippen LogP contribution in [0.4, 0.5) is 10.3 Å². The monoisotopic (exact) mass is 489 g/mol. The summed E-state index contributed by atoms with van der Waals surface area (Å²) >= 11 is 0. The smallest absolute Gasteiger partial charge is 0.261 e. The average molecular weight is 490 g/mol. The molecular formula is C25H30FN3O6. The third-order valence-corrected chi connectivity index (χ3v) is 5.13. The molecule has 0 spiro atoms. The van der Waals surface area contributed by atoms with Gasteiger partial charge >= 0.3 is 0 Å². The van der Waals surface area contributed by atoms with Gasteiger partial charge in [-0.2, -0.15) is 4.98 Å². The summed E-state index contributed by atoms with van der Waals surface area (Å²) in [6.45, 7) is -3.27. The van der Waals surface area contributed by atoms with Gasteiger partial charge in [0.25, 0.3) is 5.88 Å². The summed E-state index contributed by atoms with van der Waals surface area (Å²) in [6.07, 6.45) is 1.25. The fourth-order valence-electron chi connectivity index (χ4n) is 3.39. The second-order valence-electron chi connectivity index (χ2n) is 7.14. The van der Waals surface area contributed by atoms with Crippen LogP contribution in [0.25, 0.3) is 0 Å². The van der Waals surface area contributed by atoms with E-state index < -0.39 is 13.2 Å². The number of aromatic nitrogens is 2. The maximum Gasteiger partial charge on any atom is 0.261 e. The minimum absolute atomic E-state index is 0.0456. The van der Waals surface area contributed by atoms with E-state index in [-0.39, 0.29) is 17.6 Å². The molecule has 9 nitrogen and oxygen atoms in total. The Balaban J connectivity index is 2.05. The van der Waals surface area contributed by atoms with E-state index >= 15 is 0 Å². The van der Waals surface area contributed by atoms with E-state index in [1.807, 2.05) is 29.2 Å². The van der Waals surface area contributed by atoms with Crippen LogP contribution in [0.5, 0.6) is 34.6 Å². The predicted octanol–water partition coefficient (Wildman–Crippen LogP) is 4.07. The minimum atomic E-state index is -2.55. The number of hydrogen-bond donors (Lipinski definition) is 0. The molecule has 35 heavy (non-hydrogen) atoms. The lowest BCUT2D eigenvalue weighted by Crippen LogP contribution is -2.25. The second kappa shape index (κ2) is 12.5. The predicted molar refractivity (Wildman–Crippen MR) is 129 cm³/mol. The molecule has 0 bridgehead atoms. The summed E-state index contributed by atoms with van der Waals surface area (Å²) in [7, 11) is 7.64. The summed E-state index contributed by atoms with van der Waals surface area (Å²) in [5.74, 6) is 2.58. The van der Waals surface area contributed by atoms with Crippen LogP contribution in [0.15, 0.2) is 42.6 Å². The first-order valence-corrected chi connectivity index (χ1v) is 10.6. The number of rotatable bonds is 13. The van der Waals surface area contributed by atoms with Crippen LogP contribution in [0.1, 0.15) is 13.9 Å². The molecule has 10 heteroatoms. The third kappa shape index (κ3) is 6.34. The Morgan fingerprint density at radius 3 is 1.83 bits per heavy atom. The molecule has 0 aliphatic carbocycles. The number of methoxy groups -OCH3 is 5. The van der Waals surface area contributed by atoms with Gasteiger partial charge in [0.15, 0.2) is 5.75 Å². The molecule has 0 N–H and O–H groups in total. The Morgan fingerprint density at radius 1 is 0.800 bits per heavy atom. The minimum Gasteiger partial charge on any atom is -0.497 e. The van der Waals surface area contributed by atoms with E-state index in [2.05, 4.69) is 9.97 Å². The van der Waals surface area contributed by atoms with Crippen molar-refractivity contribution in [2.75, 3.05) is 53.7 Å². The van der Waals surface area contributed by atoms with Crippen LogP contribution < -0.4 is 33.3 Å². The van der Waals surface area contributed by atoms with Crippen LogP contribution in [0, 0.1) is 0 Å². The quantitative estimate of drug-likeness (QED) is 0.353. The largest absolute Gasteiger partial charge is 0.497 e. The van der Waals surface area contributed by atoms with Gasteiger partial charge in [-0.25, -0.2) is 9.37 Å². The summed E-state index contributed by atoms with van der Waals surface area (Å²) < 4.78 is 60.3. The molecule has 0 radical (unpaired) electrons. The summed E-state index contributed by atoms with van der Waals surface area (Å²) in [6, 6.07) is 10.9. The third-order valence-electron chi connectivity index (χ3n) is 5.13. The lowest BCUT2D eigenvalue weighted by Gasteiger charge is -2.25. The maximum absolute atomic E-state index is 13.0. The number of halogens is 1. The molecule has 1 heterocycles. The van der Waals surface area contributed by atoms with Crippen molar-refractivity contribution in [2.24, 2.45) is 0 Å². The van der Waals surface area contributed by atoms with E-state index in [1.54, 1.807) is 40.6 Å². The van der Waals surface area contributed by atoms with Crippen LogP contribution in [-0.4, -0.2) is 58.8 Å². The first-order chi connectivity index (χ1) is 17.8. The molecule has 0 saturated carbocycles. The Bertz CT molecular complexity index is 1140. The molecule has 3 rings (SSSR count). The Kier molecular flexibility index (Phi) is 8.15. The summed E-state index contributed by atoms with van der Waals surface area (Å²) in [5, 5.41) is 0. The van der Waals surface area contributed by atoms with Gasteiger partial charge in [-0.05, 0) is 24.3 Å². The molecular weight excluding hydrogens is 457 g/mol. The van der Waals surface area contributed by atoms with Crippen LogP contribution >= 0.6 is 0 Å². The molecule has 0 unspecified atom stereocenters. The number of nitrogens with zero attached hydrogens (tertiary/aromatic N) is 3. The normalized spacial score (nSPS) is 11.7. The number of alkyl halides is 1. The fourth-order valence-corrected chi connectivity index (χ4v) is 3.39. The molecule has 0 atom stereocenters. The molecule has 0 fully saturated rings. The van der Waals surface area contributed by atoms with Gasteiger partial charge in [0.05, 0.1) is 44.5 Å². The van der Waals surface area contributed by atoms with E-state index in [4.69, 9.17) is 31.2 Å². The second-order valence-corrected chi connectivity index (χ2v) is 7.14. The van der Waals surface area contributed by atoms with Crippen LogP contribution in [0.3, 0.4) is 0 Å². The van der Waals surface area contributed by atoms with Gasteiger partial charge in [0, 0.05) is 36.3 Å². The number of anilines is 1. The van der Waals surface area contributed by atoms with Crippen molar-refractivity contribution in [2.45, 2.75) is 13.1 Å². The zero-order valence-electron chi connectivity index (χ0n) is 22.3. The van der Waals surface area contributed by atoms with Crippen LogP contribution in [-0.2, 0) is 13.1 Å². The first-order valence-electron chi connectivity index (χ1n) is 11.6. The standard InChI is InChI=1S/C25H30FN3O6/c1-30-19-8-6-17(21(12-19)32-3)15-29(16-18-7-9-20(31-2)13-22(18)33-4)25-27-14-23(35-11-10-26)24(28-25)34-5/h6-9,12-14H,10-11,15-16H2,1-5H3/i11D2. The van der Waals surface area contributed by atoms with Crippen molar-refractivity contribution in [1.29, 1.82) is 0 Å². The SMILES string of the molecule is [2H]C([2H])(CF)Oc1cnc(N(Cc2ccc(OC)cc2OC)Cc2ccc(OC)cc2OC)nc1OC. The van der Waals surface area contributed by atoms with Gasteiger partial charge in [-0.1, -0.05) is 0 Å². The van der Waals surface area contributed by atoms with Crippen LogP contribution in [0.2, 0.25) is 0 Å². The highest BCUT2D eigenvalue weighted by molar-refractivity contribution is 5.48. The van der Waals surface area contributed by atoms with Crippen molar-refractivity contribution in [3.05, 3.63) is 53.7 Å². The fraction of sp³-hybridized carbons (Fsp3) is 0.360. The van der Waals surface area contributed by atoms with Gasteiger partial charge in [0.1, 0.15) is 36.2 Å². The van der Waals surface area contributed by atoms with Crippen molar-refractivity contribution in [1.82, 2.24) is 9.97 Å². The first kappa shape index (κ1) is 22.8. The Labute approximate surface area is 207 Å². The molecule has 0 aliphatic rings. The number of hydrogen-bond acceptors (Lipinski definition) is 9. The molecule has 1 aromatic heterocycles. The highest BCUT2D eigenvalue weighted by atomic mass is 19.1. The number of benzene rings is 2. The molecule has 0 amide bonds. The lowest BCUT2D eigenvalue weighted by molar-refractivity contribution is 0.255.